The Morgan fingerprint density at radius 3 is 2.88 bits per heavy atom. The van der Waals surface area contributed by atoms with Gasteiger partial charge >= 0.3 is 5.76 Å². The number of nitrogens with one attached hydrogen (secondary N) is 1. The summed E-state index contributed by atoms with van der Waals surface area (Å²) in [5, 5.41) is 2.87. The molecular formula is C19H18N2O5. The predicted molar refractivity (Wildman–Crippen MR) is 94.4 cm³/mol. The number of carbonyl (C=O) groups excluding carboxylic acids is 1. The summed E-state index contributed by atoms with van der Waals surface area (Å²) in [7, 11) is 0. The van der Waals surface area contributed by atoms with E-state index in [0.717, 1.165) is 17.1 Å². The van der Waals surface area contributed by atoms with E-state index in [9.17, 15) is 9.59 Å². The van der Waals surface area contributed by atoms with Crippen molar-refractivity contribution in [2.45, 2.75) is 19.4 Å². The molecule has 0 fully saturated rings. The third-order valence-electron chi connectivity index (χ3n) is 4.31. The average Bonchev–Trinajstić information content (AvgIpc) is 3.23. The lowest BCUT2D eigenvalue weighted by molar-refractivity contribution is -0.121. The van der Waals surface area contributed by atoms with Crippen LogP contribution in [0.4, 0.5) is 0 Å². The Hall–Kier alpha value is -3.22. The fourth-order valence-corrected chi connectivity index (χ4v) is 2.97. The van der Waals surface area contributed by atoms with Crippen molar-refractivity contribution >= 4 is 17.0 Å². The topological polar surface area (TPSA) is 82.7 Å². The standard InChI is InChI=1S/C19H18N2O5/c22-18(8-10-21-14-3-1-2-4-15(14)26-19(21)23)20-9-7-13-5-6-16-17(11-13)25-12-24-16/h1-6,11H,7-10,12H2,(H,20,22). The molecule has 0 aliphatic carbocycles. The molecule has 2 aromatic carbocycles. The van der Waals surface area contributed by atoms with Crippen LogP contribution in [0.5, 0.6) is 11.5 Å². The van der Waals surface area contributed by atoms with Crippen molar-refractivity contribution in [3.63, 3.8) is 0 Å². The number of nitrogens with zero attached hydrogens (tertiary/aromatic N) is 1. The monoisotopic (exact) mass is 354 g/mol. The lowest BCUT2D eigenvalue weighted by Gasteiger charge is -2.06. The zero-order chi connectivity index (χ0) is 17.9. The molecule has 0 saturated carbocycles. The van der Waals surface area contributed by atoms with E-state index >= 15 is 0 Å². The van der Waals surface area contributed by atoms with Gasteiger partial charge in [0.1, 0.15) is 0 Å². The molecule has 1 amide bonds. The highest BCUT2D eigenvalue weighted by molar-refractivity contribution is 5.76. The Bertz CT molecular complexity index is 1000. The van der Waals surface area contributed by atoms with Gasteiger partial charge < -0.3 is 19.2 Å². The summed E-state index contributed by atoms with van der Waals surface area (Å²) in [6, 6.07) is 12.9. The number of carbonyl (C=O) groups is 1. The van der Waals surface area contributed by atoms with Crippen molar-refractivity contribution in [1.29, 1.82) is 0 Å². The summed E-state index contributed by atoms with van der Waals surface area (Å²) in [6.45, 7) is 1.04. The maximum Gasteiger partial charge on any atom is 0.419 e. The summed E-state index contributed by atoms with van der Waals surface area (Å²) in [5.41, 5.74) is 2.29. The summed E-state index contributed by atoms with van der Waals surface area (Å²) >= 11 is 0. The number of hydrogen-bond donors (Lipinski definition) is 1. The first-order valence-corrected chi connectivity index (χ1v) is 8.44. The fourth-order valence-electron chi connectivity index (χ4n) is 2.97. The Kier molecular flexibility index (Phi) is 4.35. The molecular weight excluding hydrogens is 336 g/mol. The van der Waals surface area contributed by atoms with Gasteiger partial charge in [0.15, 0.2) is 17.1 Å². The first-order valence-electron chi connectivity index (χ1n) is 8.44. The molecule has 0 unspecified atom stereocenters. The van der Waals surface area contributed by atoms with E-state index in [0.29, 0.717) is 24.1 Å². The molecule has 1 aliphatic heterocycles. The lowest BCUT2D eigenvalue weighted by Crippen LogP contribution is -2.27. The maximum atomic E-state index is 12.1. The molecule has 1 N–H and O–H groups in total. The molecule has 2 heterocycles. The second-order valence-corrected chi connectivity index (χ2v) is 6.02. The van der Waals surface area contributed by atoms with Gasteiger partial charge in [-0.1, -0.05) is 18.2 Å². The van der Waals surface area contributed by atoms with E-state index in [-0.39, 0.29) is 25.7 Å². The highest BCUT2D eigenvalue weighted by Crippen LogP contribution is 2.32. The van der Waals surface area contributed by atoms with Crippen molar-refractivity contribution in [3.05, 3.63) is 58.6 Å². The van der Waals surface area contributed by atoms with Crippen molar-refractivity contribution in [1.82, 2.24) is 9.88 Å². The maximum absolute atomic E-state index is 12.1. The number of benzene rings is 2. The molecule has 7 heteroatoms. The Morgan fingerprint density at radius 1 is 1.12 bits per heavy atom. The van der Waals surface area contributed by atoms with Gasteiger partial charge in [0.05, 0.1) is 5.52 Å². The third-order valence-corrected chi connectivity index (χ3v) is 4.31. The van der Waals surface area contributed by atoms with E-state index in [1.807, 2.05) is 24.3 Å². The van der Waals surface area contributed by atoms with Crippen LogP contribution in [-0.4, -0.2) is 23.8 Å². The number of amides is 1. The van der Waals surface area contributed by atoms with E-state index in [1.54, 1.807) is 18.2 Å². The average molecular weight is 354 g/mol. The first-order chi connectivity index (χ1) is 12.7. The van der Waals surface area contributed by atoms with Crippen LogP contribution in [0.2, 0.25) is 0 Å². The normalized spacial score (nSPS) is 12.5. The molecule has 1 aliphatic rings. The van der Waals surface area contributed by atoms with Gasteiger partial charge in [-0.15, -0.1) is 0 Å². The minimum Gasteiger partial charge on any atom is -0.454 e. The second-order valence-electron chi connectivity index (χ2n) is 6.02. The van der Waals surface area contributed by atoms with Crippen LogP contribution in [0.3, 0.4) is 0 Å². The van der Waals surface area contributed by atoms with Crippen LogP contribution in [0.15, 0.2) is 51.7 Å². The fraction of sp³-hybridized carbons (Fsp3) is 0.263. The predicted octanol–water partition coefficient (Wildman–Crippen LogP) is 2.07. The van der Waals surface area contributed by atoms with Gasteiger partial charge in [-0.3, -0.25) is 9.36 Å². The Balaban J connectivity index is 1.29. The molecule has 1 aromatic heterocycles. The third kappa shape index (κ3) is 3.28. The van der Waals surface area contributed by atoms with Gasteiger partial charge in [0, 0.05) is 19.5 Å². The molecule has 3 aromatic rings. The van der Waals surface area contributed by atoms with Crippen molar-refractivity contribution in [2.24, 2.45) is 0 Å². The van der Waals surface area contributed by atoms with Crippen molar-refractivity contribution in [2.75, 3.05) is 13.3 Å². The molecule has 4 rings (SSSR count). The molecule has 134 valence electrons. The number of hydrogen-bond acceptors (Lipinski definition) is 5. The SMILES string of the molecule is O=C(CCn1c(=O)oc2ccccc21)NCCc1ccc2c(c1)OCO2. The summed E-state index contributed by atoms with van der Waals surface area (Å²) in [6.07, 6.45) is 0.904. The van der Waals surface area contributed by atoms with E-state index < -0.39 is 5.76 Å². The molecule has 0 radical (unpaired) electrons. The summed E-state index contributed by atoms with van der Waals surface area (Å²) < 4.78 is 17.3. The van der Waals surface area contributed by atoms with Crippen LogP contribution >= 0.6 is 0 Å². The van der Waals surface area contributed by atoms with Crippen LogP contribution in [0.25, 0.3) is 11.1 Å². The molecule has 7 nitrogen and oxygen atoms in total. The van der Waals surface area contributed by atoms with Crippen molar-refractivity contribution in [3.8, 4) is 11.5 Å². The zero-order valence-electron chi connectivity index (χ0n) is 14.1. The smallest absolute Gasteiger partial charge is 0.419 e. The lowest BCUT2D eigenvalue weighted by atomic mass is 10.1. The highest BCUT2D eigenvalue weighted by atomic mass is 16.7. The number of ether oxygens (including phenoxy) is 2. The molecule has 0 saturated heterocycles. The highest BCUT2D eigenvalue weighted by Gasteiger charge is 2.13. The van der Waals surface area contributed by atoms with Crippen LogP contribution in [-0.2, 0) is 17.8 Å². The van der Waals surface area contributed by atoms with E-state index in [4.69, 9.17) is 13.9 Å². The molecule has 0 bridgehead atoms. The minimum atomic E-state index is -0.445. The van der Waals surface area contributed by atoms with Gasteiger partial charge in [-0.25, -0.2) is 4.79 Å². The van der Waals surface area contributed by atoms with Crippen molar-refractivity contribution < 1.29 is 18.7 Å². The largest absolute Gasteiger partial charge is 0.454 e. The first kappa shape index (κ1) is 16.3. The van der Waals surface area contributed by atoms with Gasteiger partial charge in [0.2, 0.25) is 12.7 Å². The molecule has 0 atom stereocenters. The number of aromatic nitrogens is 1. The van der Waals surface area contributed by atoms with E-state index in [2.05, 4.69) is 5.32 Å². The van der Waals surface area contributed by atoms with Gasteiger partial charge in [-0.2, -0.15) is 0 Å². The minimum absolute atomic E-state index is 0.108. The summed E-state index contributed by atoms with van der Waals surface area (Å²) in [5.74, 6) is 0.929. The quantitative estimate of drug-likeness (QED) is 0.733. The number of oxazole rings is 1. The Morgan fingerprint density at radius 2 is 1.96 bits per heavy atom. The zero-order valence-corrected chi connectivity index (χ0v) is 14.1. The second kappa shape index (κ2) is 6.95. The molecule has 26 heavy (non-hydrogen) atoms. The van der Waals surface area contributed by atoms with Gasteiger partial charge in [0.25, 0.3) is 0 Å². The van der Waals surface area contributed by atoms with Crippen LogP contribution in [0, 0.1) is 0 Å². The number of aryl methyl sites for hydroxylation is 1. The number of fused-ring (bicyclic) bond motifs is 2. The summed E-state index contributed by atoms with van der Waals surface area (Å²) in [4.78, 5) is 23.9. The van der Waals surface area contributed by atoms with Crippen LogP contribution < -0.4 is 20.5 Å². The van der Waals surface area contributed by atoms with E-state index in [1.165, 1.54) is 4.57 Å². The molecule has 0 spiro atoms. The van der Waals surface area contributed by atoms with Gasteiger partial charge in [-0.05, 0) is 36.2 Å². The number of para-hydroxylation sites is 2. The number of rotatable bonds is 6. The Labute approximate surface area is 149 Å². The van der Waals surface area contributed by atoms with Crippen LogP contribution in [0.1, 0.15) is 12.0 Å².